The molecule has 0 bridgehead atoms. The molecule has 5 nitrogen and oxygen atoms in total. The third kappa shape index (κ3) is 2.79. The maximum Gasteiger partial charge on any atom is 0.256 e. The largest absolute Gasteiger partial charge is 0.360 e. The molecule has 1 aliphatic carbocycles. The number of nitrogens with zero attached hydrogens (tertiary/aromatic N) is 2. The van der Waals surface area contributed by atoms with Gasteiger partial charge in [-0.3, -0.25) is 4.79 Å². The quantitative estimate of drug-likeness (QED) is 0.940. The van der Waals surface area contributed by atoms with Crippen molar-refractivity contribution in [2.75, 3.05) is 6.54 Å². The summed E-state index contributed by atoms with van der Waals surface area (Å²) in [5.74, 6) is 0.890. The number of carbonyl (C=O) groups is 1. The molecule has 6 heteroatoms. The Morgan fingerprint density at radius 2 is 2.27 bits per heavy atom. The minimum Gasteiger partial charge on any atom is -0.360 e. The fourth-order valence-electron chi connectivity index (χ4n) is 3.08. The summed E-state index contributed by atoms with van der Waals surface area (Å²) in [5.41, 5.74) is 2.43. The second-order valence-corrected chi connectivity index (χ2v) is 7.05. The molecule has 0 fully saturated rings. The molecule has 3 rings (SSSR count). The first-order chi connectivity index (χ1) is 10.6. The molecular formula is C16H21N3O2S. The van der Waals surface area contributed by atoms with Crippen LogP contribution in [-0.2, 0) is 12.8 Å². The Hall–Kier alpha value is -1.69. The van der Waals surface area contributed by atoms with E-state index < -0.39 is 0 Å². The lowest BCUT2D eigenvalue weighted by Crippen LogP contribution is -2.30. The molecule has 2 aromatic rings. The minimum atomic E-state index is -0.0883. The molecular weight excluding hydrogens is 298 g/mol. The van der Waals surface area contributed by atoms with Crippen molar-refractivity contribution in [1.29, 1.82) is 0 Å². The van der Waals surface area contributed by atoms with Gasteiger partial charge in [-0.15, -0.1) is 11.3 Å². The van der Waals surface area contributed by atoms with Crippen molar-refractivity contribution >= 4 is 17.2 Å². The number of fused-ring (bicyclic) bond motifs is 1. The molecule has 0 saturated heterocycles. The number of aromatic nitrogens is 2. The van der Waals surface area contributed by atoms with Crippen LogP contribution in [0.4, 0.5) is 0 Å². The Bertz CT molecular complexity index is 690. The number of amides is 1. The predicted octanol–water partition coefficient (Wildman–Crippen LogP) is 3.16. The molecule has 1 aliphatic rings. The van der Waals surface area contributed by atoms with Crippen LogP contribution < -0.4 is 5.32 Å². The van der Waals surface area contributed by atoms with Gasteiger partial charge in [-0.25, -0.2) is 4.98 Å². The maximum absolute atomic E-state index is 12.4. The van der Waals surface area contributed by atoms with Crippen LogP contribution in [-0.4, -0.2) is 22.6 Å². The van der Waals surface area contributed by atoms with Crippen LogP contribution in [0.5, 0.6) is 0 Å². The lowest BCUT2D eigenvalue weighted by atomic mass is 9.91. The van der Waals surface area contributed by atoms with Crippen molar-refractivity contribution < 1.29 is 9.32 Å². The van der Waals surface area contributed by atoms with E-state index in [1.807, 2.05) is 13.8 Å². The van der Waals surface area contributed by atoms with Crippen LogP contribution in [0.15, 0.2) is 4.52 Å². The van der Waals surface area contributed by atoms with Gasteiger partial charge in [-0.2, -0.15) is 0 Å². The molecule has 0 spiro atoms. The van der Waals surface area contributed by atoms with Crippen molar-refractivity contribution in [2.24, 2.45) is 0 Å². The van der Waals surface area contributed by atoms with Crippen LogP contribution in [0, 0.1) is 13.8 Å². The van der Waals surface area contributed by atoms with E-state index in [0.717, 1.165) is 17.8 Å². The molecule has 2 heterocycles. The van der Waals surface area contributed by atoms with Gasteiger partial charge in [0.15, 0.2) is 0 Å². The van der Waals surface area contributed by atoms with Gasteiger partial charge in [0.25, 0.3) is 5.91 Å². The van der Waals surface area contributed by atoms with Crippen molar-refractivity contribution in [2.45, 2.75) is 52.4 Å². The molecule has 0 aromatic carbocycles. The zero-order valence-corrected chi connectivity index (χ0v) is 14.0. The molecule has 1 amide bonds. The lowest BCUT2D eigenvalue weighted by Gasteiger charge is -2.21. The highest BCUT2D eigenvalue weighted by atomic mass is 32.1. The summed E-state index contributed by atoms with van der Waals surface area (Å²) >= 11 is 1.79. The molecule has 1 atom stereocenters. The summed E-state index contributed by atoms with van der Waals surface area (Å²) in [7, 11) is 0. The van der Waals surface area contributed by atoms with Gasteiger partial charge in [0.05, 0.1) is 16.4 Å². The second-order valence-electron chi connectivity index (χ2n) is 5.76. The Morgan fingerprint density at radius 1 is 1.45 bits per heavy atom. The molecule has 0 saturated carbocycles. The molecule has 22 heavy (non-hydrogen) atoms. The molecule has 1 N–H and O–H groups in total. The molecule has 0 aliphatic heterocycles. The highest BCUT2D eigenvalue weighted by Crippen LogP contribution is 2.34. The summed E-state index contributed by atoms with van der Waals surface area (Å²) in [6.45, 7) is 6.44. The third-order valence-corrected chi connectivity index (χ3v) is 5.21. The Balaban J connectivity index is 1.70. The van der Waals surface area contributed by atoms with Gasteiger partial charge in [0.2, 0.25) is 0 Å². The van der Waals surface area contributed by atoms with E-state index in [9.17, 15) is 4.79 Å². The number of thiazole rings is 1. The van der Waals surface area contributed by atoms with Crippen LogP contribution in [0.25, 0.3) is 0 Å². The Labute approximate surface area is 134 Å². The van der Waals surface area contributed by atoms with Gasteiger partial charge < -0.3 is 9.84 Å². The van der Waals surface area contributed by atoms with Crippen LogP contribution in [0.1, 0.15) is 63.1 Å². The molecule has 0 unspecified atom stereocenters. The van der Waals surface area contributed by atoms with Crippen LogP contribution in [0.3, 0.4) is 0 Å². The van der Waals surface area contributed by atoms with E-state index in [0.29, 0.717) is 35.9 Å². The highest BCUT2D eigenvalue weighted by molar-refractivity contribution is 7.11. The van der Waals surface area contributed by atoms with E-state index in [4.69, 9.17) is 4.52 Å². The van der Waals surface area contributed by atoms with Crippen molar-refractivity contribution in [1.82, 2.24) is 15.5 Å². The second kappa shape index (κ2) is 6.20. The zero-order chi connectivity index (χ0) is 15.7. The maximum atomic E-state index is 12.4. The SMILES string of the molecule is CCc1onc(C)c1C(=O)NC[C@H]1CCCc2sc(C)nc21. The molecule has 118 valence electrons. The average molecular weight is 319 g/mol. The number of hydrogen-bond acceptors (Lipinski definition) is 5. The number of aryl methyl sites for hydroxylation is 4. The van der Waals surface area contributed by atoms with E-state index in [1.54, 1.807) is 18.3 Å². The Morgan fingerprint density at radius 3 is 3.05 bits per heavy atom. The zero-order valence-electron chi connectivity index (χ0n) is 13.2. The first kappa shape index (κ1) is 15.2. The predicted molar refractivity (Wildman–Crippen MR) is 85.5 cm³/mol. The van der Waals surface area contributed by atoms with Gasteiger partial charge in [-0.05, 0) is 33.1 Å². The third-order valence-electron chi connectivity index (χ3n) is 4.17. The van der Waals surface area contributed by atoms with Gasteiger partial charge in [0, 0.05) is 23.8 Å². The standard InChI is InChI=1S/C16H21N3O2S/c1-4-12-14(9(2)19-21-12)16(20)17-8-11-6-5-7-13-15(11)18-10(3)22-13/h11H,4-8H2,1-3H3,(H,17,20)/t11-/m1/s1. The smallest absolute Gasteiger partial charge is 0.256 e. The van der Waals surface area contributed by atoms with Gasteiger partial charge >= 0.3 is 0 Å². The first-order valence-electron chi connectivity index (χ1n) is 7.79. The summed E-state index contributed by atoms with van der Waals surface area (Å²) in [4.78, 5) is 18.5. The number of nitrogens with one attached hydrogen (secondary N) is 1. The summed E-state index contributed by atoms with van der Waals surface area (Å²) in [6, 6.07) is 0. The first-order valence-corrected chi connectivity index (χ1v) is 8.61. The summed E-state index contributed by atoms with van der Waals surface area (Å²) in [6.07, 6.45) is 4.04. The number of hydrogen-bond donors (Lipinski definition) is 1. The fraction of sp³-hybridized carbons (Fsp3) is 0.562. The average Bonchev–Trinajstić information content (AvgIpc) is 3.06. The lowest BCUT2D eigenvalue weighted by molar-refractivity contribution is 0.0947. The fourth-order valence-corrected chi connectivity index (χ4v) is 4.14. The van der Waals surface area contributed by atoms with Crippen molar-refractivity contribution in [3.8, 4) is 0 Å². The number of rotatable bonds is 4. The molecule has 2 aromatic heterocycles. The van der Waals surface area contributed by atoms with E-state index >= 15 is 0 Å². The highest BCUT2D eigenvalue weighted by Gasteiger charge is 2.26. The van der Waals surface area contributed by atoms with Gasteiger partial charge in [0.1, 0.15) is 11.3 Å². The topological polar surface area (TPSA) is 68.0 Å². The number of carbonyl (C=O) groups excluding carboxylic acids is 1. The summed E-state index contributed by atoms with van der Waals surface area (Å²) < 4.78 is 5.20. The normalized spacial score (nSPS) is 17.3. The van der Waals surface area contributed by atoms with Crippen LogP contribution in [0.2, 0.25) is 0 Å². The monoisotopic (exact) mass is 319 g/mol. The Kier molecular flexibility index (Phi) is 4.29. The molecule has 0 radical (unpaired) electrons. The van der Waals surface area contributed by atoms with Crippen molar-refractivity contribution in [3.05, 3.63) is 32.6 Å². The van der Waals surface area contributed by atoms with Crippen molar-refractivity contribution in [3.63, 3.8) is 0 Å². The van der Waals surface area contributed by atoms with Crippen LogP contribution >= 0.6 is 11.3 Å². The minimum absolute atomic E-state index is 0.0883. The summed E-state index contributed by atoms with van der Waals surface area (Å²) in [5, 5.41) is 8.06. The van der Waals surface area contributed by atoms with Gasteiger partial charge in [-0.1, -0.05) is 12.1 Å². The van der Waals surface area contributed by atoms with E-state index in [2.05, 4.69) is 15.5 Å². The van der Waals surface area contributed by atoms with E-state index in [1.165, 1.54) is 17.0 Å². The van der Waals surface area contributed by atoms with E-state index in [-0.39, 0.29) is 5.91 Å².